The Morgan fingerprint density at radius 2 is 1.65 bits per heavy atom. The lowest BCUT2D eigenvalue weighted by atomic mass is 10.2. The predicted octanol–water partition coefficient (Wildman–Crippen LogP) is 4.99. The highest BCUT2D eigenvalue weighted by Gasteiger charge is 2.16. The second-order valence-corrected chi connectivity index (χ2v) is 6.38. The second kappa shape index (κ2) is 10.8. The first-order chi connectivity index (χ1) is 12.6. The summed E-state index contributed by atoms with van der Waals surface area (Å²) in [4.78, 5) is 10.6. The molecule has 0 saturated heterocycles. The van der Waals surface area contributed by atoms with Gasteiger partial charge in [-0.2, -0.15) is 0 Å². The van der Waals surface area contributed by atoms with E-state index in [-0.39, 0.29) is 12.3 Å². The molecule has 0 bridgehead atoms. The molecule has 0 aliphatic carbocycles. The van der Waals surface area contributed by atoms with E-state index in [1.54, 1.807) is 6.07 Å². The third kappa shape index (κ3) is 6.35. The Kier molecular flexibility index (Phi) is 8.44. The Morgan fingerprint density at radius 3 is 2.27 bits per heavy atom. The number of hydrogen-bond donors (Lipinski definition) is 0. The molecular weight excluding hydrogens is 357 g/mol. The number of benzene rings is 2. The maximum absolute atomic E-state index is 11.1. The van der Waals surface area contributed by atoms with Crippen LogP contribution in [-0.2, 0) is 26.8 Å². The van der Waals surface area contributed by atoms with Gasteiger partial charge in [0.2, 0.25) is 0 Å². The maximum atomic E-state index is 11.1. The van der Waals surface area contributed by atoms with Crippen molar-refractivity contribution in [3.05, 3.63) is 69.8 Å². The molecule has 2 aromatic carbocycles. The molecule has 140 valence electrons. The smallest absolute Gasteiger partial charge is 0.332 e. The van der Waals surface area contributed by atoms with Crippen LogP contribution >= 0.6 is 8.60 Å². The van der Waals surface area contributed by atoms with Gasteiger partial charge >= 0.3 is 8.60 Å². The number of ether oxygens (including phenoxy) is 1. The molecule has 0 unspecified atom stereocenters. The van der Waals surface area contributed by atoms with Crippen molar-refractivity contribution >= 4 is 14.3 Å². The summed E-state index contributed by atoms with van der Waals surface area (Å²) in [5.41, 5.74) is 1.63. The van der Waals surface area contributed by atoms with Crippen molar-refractivity contribution in [2.24, 2.45) is 0 Å². The van der Waals surface area contributed by atoms with E-state index in [4.69, 9.17) is 18.3 Å². The van der Waals surface area contributed by atoms with Crippen molar-refractivity contribution in [1.29, 1.82) is 0 Å². The van der Waals surface area contributed by atoms with Gasteiger partial charge < -0.3 is 18.3 Å². The summed E-state index contributed by atoms with van der Waals surface area (Å²) in [5, 5.41) is 11.1. The SMILES string of the molecule is CCOP(OCC)OCc1ccc([N+](=O)[O-])cc1OCc1ccccc1. The molecule has 0 spiro atoms. The molecule has 0 atom stereocenters. The first-order valence-electron chi connectivity index (χ1n) is 8.27. The van der Waals surface area contributed by atoms with Gasteiger partial charge in [0.25, 0.3) is 5.69 Å². The second-order valence-electron chi connectivity index (χ2n) is 5.16. The Morgan fingerprint density at radius 1 is 0.962 bits per heavy atom. The van der Waals surface area contributed by atoms with Crippen molar-refractivity contribution in [3.8, 4) is 5.75 Å². The number of non-ortho nitro benzene ring substituents is 1. The van der Waals surface area contributed by atoms with E-state index >= 15 is 0 Å². The Hall–Kier alpha value is -2.05. The van der Waals surface area contributed by atoms with Crippen LogP contribution in [0.3, 0.4) is 0 Å². The maximum Gasteiger partial charge on any atom is 0.332 e. The van der Waals surface area contributed by atoms with E-state index in [9.17, 15) is 10.1 Å². The van der Waals surface area contributed by atoms with Crippen LogP contribution in [0.5, 0.6) is 5.75 Å². The fourth-order valence-electron chi connectivity index (χ4n) is 2.09. The Labute approximate surface area is 154 Å². The third-order valence-electron chi connectivity index (χ3n) is 3.29. The zero-order valence-electron chi connectivity index (χ0n) is 14.8. The molecule has 0 heterocycles. The van der Waals surface area contributed by atoms with Crippen LogP contribution in [0, 0.1) is 10.1 Å². The van der Waals surface area contributed by atoms with Crippen molar-refractivity contribution in [1.82, 2.24) is 0 Å². The molecule has 26 heavy (non-hydrogen) atoms. The highest BCUT2D eigenvalue weighted by atomic mass is 31.2. The number of nitro benzene ring substituents is 1. The highest BCUT2D eigenvalue weighted by molar-refractivity contribution is 7.41. The topological polar surface area (TPSA) is 80.1 Å². The fraction of sp³-hybridized carbons (Fsp3) is 0.333. The Balaban J connectivity index is 2.11. The summed E-state index contributed by atoms with van der Waals surface area (Å²) in [6.45, 7) is 5.15. The van der Waals surface area contributed by atoms with E-state index in [0.29, 0.717) is 31.1 Å². The highest BCUT2D eigenvalue weighted by Crippen LogP contribution is 2.41. The van der Waals surface area contributed by atoms with E-state index in [1.807, 2.05) is 44.2 Å². The van der Waals surface area contributed by atoms with Crippen molar-refractivity contribution < 1.29 is 23.2 Å². The van der Waals surface area contributed by atoms with Gasteiger partial charge in [-0.25, -0.2) is 0 Å². The van der Waals surface area contributed by atoms with Gasteiger partial charge in [0.05, 0.1) is 30.8 Å². The quantitative estimate of drug-likeness (QED) is 0.311. The lowest BCUT2D eigenvalue weighted by molar-refractivity contribution is -0.385. The number of nitro groups is 1. The average Bonchev–Trinajstić information content (AvgIpc) is 2.66. The number of nitrogens with zero attached hydrogens (tertiary/aromatic N) is 1. The minimum atomic E-state index is -1.46. The summed E-state index contributed by atoms with van der Waals surface area (Å²) in [6.07, 6.45) is 0. The van der Waals surface area contributed by atoms with Crippen LogP contribution in [0.4, 0.5) is 5.69 Å². The standard InChI is InChI=1S/C18H22NO6P/c1-3-23-26(24-4-2)25-14-16-10-11-17(19(20)21)12-18(16)22-13-15-8-6-5-7-9-15/h5-12H,3-4,13-14H2,1-2H3. The van der Waals surface area contributed by atoms with E-state index in [2.05, 4.69) is 0 Å². The summed E-state index contributed by atoms with van der Waals surface area (Å²) in [7, 11) is -1.46. The van der Waals surface area contributed by atoms with Crippen LogP contribution in [-0.4, -0.2) is 18.1 Å². The minimum Gasteiger partial charge on any atom is -0.488 e. The zero-order chi connectivity index (χ0) is 18.8. The molecule has 0 amide bonds. The van der Waals surface area contributed by atoms with Crippen LogP contribution in [0.1, 0.15) is 25.0 Å². The molecule has 0 radical (unpaired) electrons. The van der Waals surface area contributed by atoms with Crippen LogP contribution in [0.15, 0.2) is 48.5 Å². The molecule has 0 saturated carbocycles. The monoisotopic (exact) mass is 379 g/mol. The Bertz CT molecular complexity index is 691. The molecule has 0 fully saturated rings. The first-order valence-corrected chi connectivity index (χ1v) is 9.36. The van der Waals surface area contributed by atoms with E-state index in [0.717, 1.165) is 5.56 Å². The molecule has 0 aliphatic heterocycles. The van der Waals surface area contributed by atoms with Gasteiger partial charge in [-0.1, -0.05) is 30.3 Å². The van der Waals surface area contributed by atoms with Gasteiger partial charge in [0.1, 0.15) is 12.4 Å². The van der Waals surface area contributed by atoms with E-state index in [1.165, 1.54) is 12.1 Å². The predicted molar refractivity (Wildman–Crippen MR) is 98.8 cm³/mol. The molecule has 2 rings (SSSR count). The molecule has 0 N–H and O–H groups in total. The third-order valence-corrected chi connectivity index (χ3v) is 4.57. The van der Waals surface area contributed by atoms with Gasteiger partial charge in [0, 0.05) is 11.6 Å². The molecule has 8 heteroatoms. The van der Waals surface area contributed by atoms with Crippen molar-refractivity contribution in [2.45, 2.75) is 27.1 Å². The molecule has 2 aromatic rings. The summed E-state index contributed by atoms with van der Waals surface area (Å²) >= 11 is 0. The lowest BCUT2D eigenvalue weighted by Gasteiger charge is -2.16. The van der Waals surface area contributed by atoms with Crippen LogP contribution in [0.2, 0.25) is 0 Å². The van der Waals surface area contributed by atoms with Crippen molar-refractivity contribution in [3.63, 3.8) is 0 Å². The summed E-state index contributed by atoms with van der Waals surface area (Å²) in [6, 6.07) is 14.1. The lowest BCUT2D eigenvalue weighted by Crippen LogP contribution is -2.02. The molecular formula is C18H22NO6P. The van der Waals surface area contributed by atoms with Crippen molar-refractivity contribution in [2.75, 3.05) is 13.2 Å². The normalized spacial score (nSPS) is 10.9. The molecule has 7 nitrogen and oxygen atoms in total. The van der Waals surface area contributed by atoms with E-state index < -0.39 is 13.5 Å². The summed E-state index contributed by atoms with van der Waals surface area (Å²) < 4.78 is 22.3. The van der Waals surface area contributed by atoms with Gasteiger partial charge in [0.15, 0.2) is 0 Å². The van der Waals surface area contributed by atoms with Gasteiger partial charge in [-0.15, -0.1) is 0 Å². The number of rotatable bonds is 11. The fourth-order valence-corrected chi connectivity index (χ4v) is 2.98. The number of hydrogen-bond acceptors (Lipinski definition) is 6. The molecule has 0 aromatic heterocycles. The minimum absolute atomic E-state index is 0.0336. The first kappa shape index (κ1) is 20.3. The largest absolute Gasteiger partial charge is 0.488 e. The summed E-state index contributed by atoms with van der Waals surface area (Å²) in [5.74, 6) is 0.408. The average molecular weight is 379 g/mol. The molecule has 0 aliphatic rings. The van der Waals surface area contributed by atoms with Gasteiger partial charge in [-0.3, -0.25) is 10.1 Å². The van der Waals surface area contributed by atoms with Gasteiger partial charge in [-0.05, 0) is 25.5 Å². The van der Waals surface area contributed by atoms with Crippen LogP contribution < -0.4 is 4.74 Å². The van der Waals surface area contributed by atoms with Crippen LogP contribution in [0.25, 0.3) is 0 Å². The zero-order valence-corrected chi connectivity index (χ0v) is 15.7.